The molecule has 0 saturated carbocycles. The zero-order valence-electron chi connectivity index (χ0n) is 22.5. The highest BCUT2D eigenvalue weighted by Gasteiger charge is 2.21. The van der Waals surface area contributed by atoms with E-state index in [1.165, 1.54) is 0 Å². The highest BCUT2D eigenvalue weighted by atomic mass is 16.5. The van der Waals surface area contributed by atoms with Gasteiger partial charge >= 0.3 is 11.9 Å². The van der Waals surface area contributed by atoms with Crippen LogP contribution < -0.4 is 9.47 Å². The van der Waals surface area contributed by atoms with Gasteiger partial charge in [-0.15, -0.1) is 0 Å². The summed E-state index contributed by atoms with van der Waals surface area (Å²) in [6.45, 7) is 9.56. The van der Waals surface area contributed by atoms with E-state index in [0.717, 1.165) is 45.5 Å². The summed E-state index contributed by atoms with van der Waals surface area (Å²) in [5.41, 5.74) is 2.74. The van der Waals surface area contributed by atoms with Gasteiger partial charge in [0.2, 0.25) is 0 Å². The third-order valence-electron chi connectivity index (χ3n) is 6.16. The molecule has 6 heteroatoms. The smallest absolute Gasteiger partial charge is 0.338 e. The first-order chi connectivity index (χ1) is 18.5. The summed E-state index contributed by atoms with van der Waals surface area (Å²) in [6, 6.07) is 18.9. The SMILES string of the molecule is CCCOC(=O)c1ccc2c(-c3c(OCC)ccc4cc(C(=O)OCCC)ccc34)c(OCC)ccc2c1. The molecule has 6 nitrogen and oxygen atoms in total. The molecule has 0 aliphatic rings. The molecule has 0 bridgehead atoms. The number of hydrogen-bond donors (Lipinski definition) is 0. The minimum Gasteiger partial charge on any atom is -0.493 e. The van der Waals surface area contributed by atoms with E-state index < -0.39 is 0 Å². The Morgan fingerprint density at radius 2 is 1.00 bits per heavy atom. The average Bonchev–Trinajstić information content (AvgIpc) is 2.94. The van der Waals surface area contributed by atoms with Gasteiger partial charge in [-0.2, -0.15) is 0 Å². The zero-order chi connectivity index (χ0) is 27.1. The predicted octanol–water partition coefficient (Wildman–Crippen LogP) is 7.59. The first-order valence-electron chi connectivity index (χ1n) is 13.3. The fourth-order valence-electron chi connectivity index (χ4n) is 4.50. The lowest BCUT2D eigenvalue weighted by molar-refractivity contribution is 0.0496. The minimum atomic E-state index is -0.341. The van der Waals surface area contributed by atoms with E-state index in [1.807, 2.05) is 76.2 Å². The Morgan fingerprint density at radius 3 is 1.37 bits per heavy atom. The maximum atomic E-state index is 12.5. The predicted molar refractivity (Wildman–Crippen MR) is 150 cm³/mol. The van der Waals surface area contributed by atoms with Crippen molar-refractivity contribution in [3.05, 3.63) is 71.8 Å². The number of fused-ring (bicyclic) bond motifs is 2. The topological polar surface area (TPSA) is 71.1 Å². The van der Waals surface area contributed by atoms with Crippen molar-refractivity contribution in [3.63, 3.8) is 0 Å². The van der Waals surface area contributed by atoms with E-state index in [1.54, 1.807) is 12.1 Å². The summed E-state index contributed by atoms with van der Waals surface area (Å²) in [6.07, 6.45) is 1.53. The molecule has 0 aliphatic carbocycles. The summed E-state index contributed by atoms with van der Waals surface area (Å²) in [5, 5.41) is 3.60. The van der Waals surface area contributed by atoms with Crippen LogP contribution in [0.5, 0.6) is 11.5 Å². The van der Waals surface area contributed by atoms with Gasteiger partial charge in [-0.25, -0.2) is 9.59 Å². The monoisotopic (exact) mass is 514 g/mol. The van der Waals surface area contributed by atoms with Gasteiger partial charge in [-0.05, 0) is 84.6 Å². The van der Waals surface area contributed by atoms with Crippen molar-refractivity contribution in [2.24, 2.45) is 0 Å². The van der Waals surface area contributed by atoms with Gasteiger partial charge in [0.1, 0.15) is 11.5 Å². The molecule has 4 aromatic rings. The molecular weight excluding hydrogens is 480 g/mol. The first kappa shape index (κ1) is 27.0. The highest BCUT2D eigenvalue weighted by molar-refractivity contribution is 6.11. The Balaban J connectivity index is 1.95. The number of esters is 2. The summed E-state index contributed by atoms with van der Waals surface area (Å²) < 4.78 is 22.9. The van der Waals surface area contributed by atoms with Crippen LogP contribution in [0.3, 0.4) is 0 Å². The number of hydrogen-bond acceptors (Lipinski definition) is 6. The lowest BCUT2D eigenvalue weighted by atomic mass is 9.91. The molecule has 0 spiro atoms. The van der Waals surface area contributed by atoms with Gasteiger partial charge in [-0.1, -0.05) is 38.1 Å². The van der Waals surface area contributed by atoms with Crippen molar-refractivity contribution in [1.29, 1.82) is 0 Å². The van der Waals surface area contributed by atoms with Crippen LogP contribution >= 0.6 is 0 Å². The minimum absolute atomic E-state index is 0.341. The molecule has 0 amide bonds. The zero-order valence-corrected chi connectivity index (χ0v) is 22.5. The molecular formula is C32H34O6. The van der Waals surface area contributed by atoms with Crippen molar-refractivity contribution < 1.29 is 28.5 Å². The van der Waals surface area contributed by atoms with Crippen LogP contribution in [0.4, 0.5) is 0 Å². The number of carbonyl (C=O) groups excluding carboxylic acids is 2. The van der Waals surface area contributed by atoms with Gasteiger partial charge in [0.25, 0.3) is 0 Å². The van der Waals surface area contributed by atoms with Crippen LogP contribution in [0.15, 0.2) is 60.7 Å². The molecule has 0 saturated heterocycles. The number of benzene rings is 4. The number of rotatable bonds is 11. The van der Waals surface area contributed by atoms with Crippen LogP contribution in [-0.2, 0) is 9.47 Å². The second kappa shape index (κ2) is 12.5. The largest absolute Gasteiger partial charge is 0.493 e. The molecule has 0 unspecified atom stereocenters. The van der Waals surface area contributed by atoms with Crippen molar-refractivity contribution in [2.45, 2.75) is 40.5 Å². The van der Waals surface area contributed by atoms with E-state index in [2.05, 4.69) is 0 Å². The maximum Gasteiger partial charge on any atom is 0.338 e. The molecule has 0 aliphatic heterocycles. The normalized spacial score (nSPS) is 10.9. The third kappa shape index (κ3) is 5.59. The molecule has 0 aromatic heterocycles. The second-order valence-corrected chi connectivity index (χ2v) is 8.89. The summed E-state index contributed by atoms with van der Waals surface area (Å²) >= 11 is 0. The van der Waals surface area contributed by atoms with Crippen molar-refractivity contribution in [3.8, 4) is 22.6 Å². The van der Waals surface area contributed by atoms with Gasteiger partial charge in [-0.3, -0.25) is 0 Å². The molecule has 38 heavy (non-hydrogen) atoms. The van der Waals surface area contributed by atoms with Crippen LogP contribution in [0.2, 0.25) is 0 Å². The van der Waals surface area contributed by atoms with Gasteiger partial charge in [0.05, 0.1) is 37.6 Å². The van der Waals surface area contributed by atoms with Crippen LogP contribution in [-0.4, -0.2) is 38.4 Å². The van der Waals surface area contributed by atoms with Crippen LogP contribution in [0, 0.1) is 0 Å². The Hall–Kier alpha value is -4.06. The molecule has 0 N–H and O–H groups in total. The Kier molecular flexibility index (Phi) is 8.85. The molecule has 4 aromatic carbocycles. The third-order valence-corrected chi connectivity index (χ3v) is 6.16. The van der Waals surface area contributed by atoms with Gasteiger partial charge in [0, 0.05) is 11.1 Å². The van der Waals surface area contributed by atoms with E-state index in [0.29, 0.717) is 49.1 Å². The molecule has 198 valence electrons. The number of ether oxygens (including phenoxy) is 4. The molecule has 0 atom stereocenters. The molecule has 0 radical (unpaired) electrons. The van der Waals surface area contributed by atoms with E-state index in [-0.39, 0.29) is 11.9 Å². The Labute approximate surface area is 223 Å². The van der Waals surface area contributed by atoms with Gasteiger partial charge in [0.15, 0.2) is 0 Å². The lowest BCUT2D eigenvalue weighted by Gasteiger charge is -2.19. The van der Waals surface area contributed by atoms with Crippen molar-refractivity contribution in [1.82, 2.24) is 0 Å². The summed E-state index contributed by atoms with van der Waals surface area (Å²) in [5.74, 6) is 0.737. The summed E-state index contributed by atoms with van der Waals surface area (Å²) in [7, 11) is 0. The standard InChI is InChI=1S/C32H34O6/c1-5-17-37-31(33)23-9-13-25-21(19-23)11-15-27(35-7-3)29(25)30-26-14-10-24(32(34)38-18-6-2)20-22(26)12-16-28(30)36-8-4/h9-16,19-20H,5-8,17-18H2,1-4H3. The van der Waals surface area contributed by atoms with Crippen LogP contribution in [0.25, 0.3) is 32.7 Å². The fourth-order valence-corrected chi connectivity index (χ4v) is 4.50. The quantitative estimate of drug-likeness (QED) is 0.192. The van der Waals surface area contributed by atoms with E-state index in [9.17, 15) is 9.59 Å². The van der Waals surface area contributed by atoms with E-state index >= 15 is 0 Å². The molecule has 4 rings (SSSR count). The number of carbonyl (C=O) groups is 2. The first-order valence-corrected chi connectivity index (χ1v) is 13.3. The molecule has 0 heterocycles. The highest BCUT2D eigenvalue weighted by Crippen LogP contribution is 2.46. The van der Waals surface area contributed by atoms with Crippen molar-refractivity contribution in [2.75, 3.05) is 26.4 Å². The fraction of sp³-hybridized carbons (Fsp3) is 0.312. The Morgan fingerprint density at radius 1 is 0.579 bits per heavy atom. The Bertz CT molecular complexity index is 1340. The van der Waals surface area contributed by atoms with Crippen molar-refractivity contribution >= 4 is 33.5 Å². The molecule has 0 fully saturated rings. The lowest BCUT2D eigenvalue weighted by Crippen LogP contribution is -2.06. The van der Waals surface area contributed by atoms with E-state index in [4.69, 9.17) is 18.9 Å². The average molecular weight is 515 g/mol. The maximum absolute atomic E-state index is 12.5. The summed E-state index contributed by atoms with van der Waals surface area (Å²) in [4.78, 5) is 25.1. The second-order valence-electron chi connectivity index (χ2n) is 8.89. The van der Waals surface area contributed by atoms with Crippen LogP contribution in [0.1, 0.15) is 61.3 Å². The van der Waals surface area contributed by atoms with Gasteiger partial charge < -0.3 is 18.9 Å².